The van der Waals surface area contributed by atoms with Crippen LogP contribution in [0, 0.1) is 0 Å². The number of carbonyl (C=O) groups excluding carboxylic acids is 1. The van der Waals surface area contributed by atoms with Crippen molar-refractivity contribution in [3.05, 3.63) is 108 Å². The molecule has 6 rings (SSSR count). The largest absolute Gasteiger partial charge is 0.385 e. The minimum absolute atomic E-state index is 0.00193. The molecule has 36 heavy (non-hydrogen) atoms. The predicted octanol–water partition coefficient (Wildman–Crippen LogP) is 5.73. The Morgan fingerprint density at radius 2 is 1.61 bits per heavy atom. The number of para-hydroxylation sites is 2. The summed E-state index contributed by atoms with van der Waals surface area (Å²) in [7, 11) is 0. The van der Waals surface area contributed by atoms with Gasteiger partial charge >= 0.3 is 0 Å². The van der Waals surface area contributed by atoms with E-state index >= 15 is 0 Å². The Morgan fingerprint density at radius 3 is 2.53 bits per heavy atom. The molecule has 2 atom stereocenters. The predicted molar refractivity (Wildman–Crippen MR) is 145 cm³/mol. The van der Waals surface area contributed by atoms with Gasteiger partial charge in [0, 0.05) is 49.3 Å². The zero-order valence-electron chi connectivity index (χ0n) is 20.5. The number of pyridine rings is 1. The maximum absolute atomic E-state index is 14.0. The lowest BCUT2D eigenvalue weighted by molar-refractivity contribution is 0.0658. The van der Waals surface area contributed by atoms with Gasteiger partial charge in [0.25, 0.3) is 5.91 Å². The van der Waals surface area contributed by atoms with E-state index in [4.69, 9.17) is 4.98 Å². The zero-order valence-corrected chi connectivity index (χ0v) is 20.5. The van der Waals surface area contributed by atoms with Gasteiger partial charge in [0.15, 0.2) is 0 Å². The highest BCUT2D eigenvalue weighted by molar-refractivity contribution is 5.95. The van der Waals surface area contributed by atoms with Gasteiger partial charge in [0.2, 0.25) is 0 Å². The fraction of sp³-hybridized carbons (Fsp3) is 0.290. The van der Waals surface area contributed by atoms with Gasteiger partial charge < -0.3 is 10.2 Å². The molecular weight excluding hydrogens is 444 g/mol. The Morgan fingerprint density at radius 1 is 0.833 bits per heavy atom. The first kappa shape index (κ1) is 22.7. The maximum atomic E-state index is 14.0. The maximum Gasteiger partial charge on any atom is 0.272 e. The third-order valence-electron chi connectivity index (χ3n) is 7.69. The smallest absolute Gasteiger partial charge is 0.272 e. The molecular formula is C31H32N4O. The second-order valence-corrected chi connectivity index (χ2v) is 9.99. The lowest BCUT2D eigenvalue weighted by Crippen LogP contribution is -2.45. The molecule has 3 heterocycles. The van der Waals surface area contributed by atoms with Crippen molar-refractivity contribution < 1.29 is 4.79 Å². The van der Waals surface area contributed by atoms with Crippen LogP contribution in [0.4, 0.5) is 5.69 Å². The first-order valence-corrected chi connectivity index (χ1v) is 13.0. The molecule has 182 valence electrons. The van der Waals surface area contributed by atoms with Gasteiger partial charge in [-0.3, -0.25) is 9.69 Å². The van der Waals surface area contributed by atoms with Crippen molar-refractivity contribution in [2.24, 2.45) is 0 Å². The lowest BCUT2D eigenvalue weighted by atomic mass is 10.1. The van der Waals surface area contributed by atoms with Crippen molar-refractivity contribution in [3.8, 4) is 0 Å². The van der Waals surface area contributed by atoms with Crippen LogP contribution >= 0.6 is 0 Å². The van der Waals surface area contributed by atoms with Crippen LogP contribution in [0.15, 0.2) is 91.0 Å². The summed E-state index contributed by atoms with van der Waals surface area (Å²) in [6, 6.07) is 31.8. The van der Waals surface area contributed by atoms with E-state index in [1.165, 1.54) is 5.56 Å². The van der Waals surface area contributed by atoms with E-state index in [9.17, 15) is 4.79 Å². The monoisotopic (exact) mass is 476 g/mol. The Kier molecular flexibility index (Phi) is 6.39. The Bertz CT molecular complexity index is 1360. The van der Waals surface area contributed by atoms with Crippen molar-refractivity contribution in [1.82, 2.24) is 14.8 Å². The van der Waals surface area contributed by atoms with Crippen molar-refractivity contribution >= 4 is 22.5 Å². The van der Waals surface area contributed by atoms with Crippen LogP contribution in [0.3, 0.4) is 0 Å². The van der Waals surface area contributed by atoms with Crippen LogP contribution < -0.4 is 5.32 Å². The minimum atomic E-state index is -0.00193. The van der Waals surface area contributed by atoms with E-state index in [0.717, 1.165) is 54.5 Å². The number of benzene rings is 3. The Hall–Kier alpha value is -3.70. The number of carbonyl (C=O) groups is 1. The van der Waals surface area contributed by atoms with Gasteiger partial charge in [0.1, 0.15) is 5.69 Å². The Balaban J connectivity index is 1.35. The number of anilines is 1. The summed E-state index contributed by atoms with van der Waals surface area (Å²) in [5.41, 5.74) is 4.97. The van der Waals surface area contributed by atoms with Gasteiger partial charge in [-0.2, -0.15) is 0 Å². The SMILES string of the molecule is O=C(c1ccc2ccccc2n1)N1Cc2ccccc2NCC[C@@H]2CC[C@H](C1)N2Cc1ccccc1. The molecule has 2 aliphatic rings. The normalized spacial score (nSPS) is 20.4. The molecule has 2 bridgehead atoms. The summed E-state index contributed by atoms with van der Waals surface area (Å²) in [5, 5.41) is 4.72. The first-order chi connectivity index (χ1) is 17.7. The summed E-state index contributed by atoms with van der Waals surface area (Å²) in [5.74, 6) is -0.00193. The van der Waals surface area contributed by atoms with Crippen LogP contribution in [-0.2, 0) is 13.1 Å². The van der Waals surface area contributed by atoms with Crippen LogP contribution in [-0.4, -0.2) is 45.9 Å². The molecule has 0 radical (unpaired) electrons. The average molecular weight is 477 g/mol. The molecule has 5 nitrogen and oxygen atoms in total. The summed E-state index contributed by atoms with van der Waals surface area (Å²) < 4.78 is 0. The van der Waals surface area contributed by atoms with Gasteiger partial charge in [0.05, 0.1) is 5.52 Å². The number of hydrogen-bond acceptors (Lipinski definition) is 4. The highest BCUT2D eigenvalue weighted by Crippen LogP contribution is 2.31. The topological polar surface area (TPSA) is 48.5 Å². The molecule has 0 spiro atoms. The minimum Gasteiger partial charge on any atom is -0.385 e. The first-order valence-electron chi connectivity index (χ1n) is 13.0. The third kappa shape index (κ3) is 4.71. The van der Waals surface area contributed by atoms with Crippen molar-refractivity contribution in [2.45, 2.75) is 44.4 Å². The number of fused-ring (bicyclic) bond motifs is 4. The molecule has 1 aromatic heterocycles. The van der Waals surface area contributed by atoms with E-state index in [1.54, 1.807) is 0 Å². The summed E-state index contributed by atoms with van der Waals surface area (Å²) in [6.07, 6.45) is 3.36. The van der Waals surface area contributed by atoms with Crippen molar-refractivity contribution in [2.75, 3.05) is 18.4 Å². The molecule has 1 N–H and O–H groups in total. The standard InChI is InChI=1S/C31H32N4O/c36-31(30-17-14-24-10-4-7-13-29(24)33-30)34-21-25-11-5-6-12-28(25)32-19-18-26-15-16-27(22-34)35(26)20-23-8-2-1-3-9-23/h1-14,17,26-27,32H,15-16,18-22H2/t26-,27+/m0/s1. The van der Waals surface area contributed by atoms with Gasteiger partial charge in [-0.05, 0) is 48.6 Å². The molecule has 0 aliphatic carbocycles. The fourth-order valence-electron chi connectivity index (χ4n) is 5.80. The molecule has 0 saturated carbocycles. The molecule has 4 aromatic rings. The quantitative estimate of drug-likeness (QED) is 0.411. The summed E-state index contributed by atoms with van der Waals surface area (Å²) in [6.45, 7) is 3.11. The lowest BCUT2D eigenvalue weighted by Gasteiger charge is -2.33. The number of hydrogen-bond donors (Lipinski definition) is 1. The number of rotatable bonds is 3. The number of amides is 1. The molecule has 1 saturated heterocycles. The zero-order chi connectivity index (χ0) is 24.3. The molecule has 3 aromatic carbocycles. The van der Waals surface area contributed by atoms with E-state index < -0.39 is 0 Å². The summed E-state index contributed by atoms with van der Waals surface area (Å²) >= 11 is 0. The van der Waals surface area contributed by atoms with Crippen LogP contribution in [0.2, 0.25) is 0 Å². The molecule has 1 fully saturated rings. The molecule has 5 heteroatoms. The number of nitrogens with zero attached hydrogens (tertiary/aromatic N) is 3. The van der Waals surface area contributed by atoms with E-state index in [0.29, 0.717) is 30.9 Å². The molecule has 1 amide bonds. The molecule has 0 unspecified atom stereocenters. The second kappa shape index (κ2) is 10.1. The van der Waals surface area contributed by atoms with E-state index in [2.05, 4.69) is 64.8 Å². The van der Waals surface area contributed by atoms with Gasteiger partial charge in [-0.25, -0.2) is 4.98 Å². The third-order valence-corrected chi connectivity index (χ3v) is 7.69. The van der Waals surface area contributed by atoms with Crippen molar-refractivity contribution in [3.63, 3.8) is 0 Å². The second-order valence-electron chi connectivity index (χ2n) is 9.99. The van der Waals surface area contributed by atoms with Gasteiger partial charge in [-0.15, -0.1) is 0 Å². The van der Waals surface area contributed by atoms with Crippen LogP contribution in [0.1, 0.15) is 40.9 Å². The van der Waals surface area contributed by atoms with Crippen molar-refractivity contribution in [1.29, 1.82) is 0 Å². The van der Waals surface area contributed by atoms with Crippen LogP contribution in [0.25, 0.3) is 10.9 Å². The number of aromatic nitrogens is 1. The van der Waals surface area contributed by atoms with Gasteiger partial charge in [-0.1, -0.05) is 72.8 Å². The highest BCUT2D eigenvalue weighted by Gasteiger charge is 2.36. The van der Waals surface area contributed by atoms with E-state index in [-0.39, 0.29) is 5.91 Å². The highest BCUT2D eigenvalue weighted by atomic mass is 16.2. The molecule has 2 aliphatic heterocycles. The Labute approximate surface area is 212 Å². The summed E-state index contributed by atoms with van der Waals surface area (Å²) in [4.78, 5) is 23.4. The van der Waals surface area contributed by atoms with E-state index in [1.807, 2.05) is 41.3 Å². The number of nitrogens with one attached hydrogen (secondary N) is 1. The average Bonchev–Trinajstić information content (AvgIpc) is 3.28. The fourth-order valence-corrected chi connectivity index (χ4v) is 5.80. The van der Waals surface area contributed by atoms with Crippen LogP contribution in [0.5, 0.6) is 0 Å².